The van der Waals surface area contributed by atoms with Gasteiger partial charge in [0.1, 0.15) is 29.9 Å². The number of amides is 1. The van der Waals surface area contributed by atoms with Crippen LogP contribution in [0.1, 0.15) is 15.9 Å². The molecule has 0 fully saturated rings. The second kappa shape index (κ2) is 18.6. The van der Waals surface area contributed by atoms with Gasteiger partial charge in [-0.25, -0.2) is 18.2 Å². The first-order chi connectivity index (χ1) is 26.8. The molecule has 5 aromatic rings. The molecule has 0 saturated carbocycles. The molecular formula is C39H41F3N4O9S. The number of rotatable bonds is 17. The first-order valence-corrected chi connectivity index (χ1v) is 18.0. The summed E-state index contributed by atoms with van der Waals surface area (Å²) in [5.74, 6) is -1.54. The molecule has 1 heterocycles. The number of halogens is 3. The molecule has 4 atom stereocenters. The number of aromatic amines is 1. The second-order valence-corrected chi connectivity index (χ2v) is 13.4. The number of carbonyl (C=O) groups is 1. The summed E-state index contributed by atoms with van der Waals surface area (Å²) in [6, 6.07) is 17.7. The van der Waals surface area contributed by atoms with Crippen molar-refractivity contribution in [1.29, 1.82) is 0 Å². The number of thioether (sulfide) groups is 1. The van der Waals surface area contributed by atoms with Crippen LogP contribution >= 0.6 is 11.8 Å². The highest BCUT2D eigenvalue weighted by atomic mass is 32.2. The Hall–Kier alpha value is -5.30. The average molecular weight is 799 g/mol. The maximum atomic E-state index is 15.5. The Balaban J connectivity index is 1.32. The molecule has 7 N–H and O–H groups in total. The van der Waals surface area contributed by atoms with Crippen LogP contribution in [-0.4, -0.2) is 107 Å². The van der Waals surface area contributed by atoms with Gasteiger partial charge in [0.05, 0.1) is 39.7 Å². The van der Waals surface area contributed by atoms with E-state index in [4.69, 9.17) is 24.3 Å². The molecule has 0 spiro atoms. The van der Waals surface area contributed by atoms with E-state index in [-0.39, 0.29) is 28.2 Å². The van der Waals surface area contributed by atoms with E-state index in [2.05, 4.69) is 10.3 Å². The zero-order valence-corrected chi connectivity index (χ0v) is 31.5. The topological polar surface area (TPSA) is 190 Å². The molecule has 17 heteroatoms. The quantitative estimate of drug-likeness (QED) is 0.0658. The van der Waals surface area contributed by atoms with Crippen molar-refractivity contribution in [3.8, 4) is 39.6 Å². The minimum atomic E-state index is -1.84. The lowest BCUT2D eigenvalue weighted by Gasteiger charge is -2.25. The molecule has 0 aliphatic rings. The number of hydrogen-bond donors (Lipinski definition) is 7. The van der Waals surface area contributed by atoms with Gasteiger partial charge in [-0.1, -0.05) is 23.9 Å². The van der Waals surface area contributed by atoms with Crippen molar-refractivity contribution in [2.75, 3.05) is 46.4 Å². The van der Waals surface area contributed by atoms with Gasteiger partial charge in [-0.2, -0.15) is 0 Å². The number of imidazole rings is 1. The first kappa shape index (κ1) is 41.9. The molecule has 0 saturated heterocycles. The fourth-order valence-corrected chi connectivity index (χ4v) is 6.55. The van der Waals surface area contributed by atoms with Crippen molar-refractivity contribution in [1.82, 2.24) is 15.3 Å². The first-order valence-electron chi connectivity index (χ1n) is 17.0. The van der Waals surface area contributed by atoms with Gasteiger partial charge in [0.2, 0.25) is 0 Å². The highest BCUT2D eigenvalue weighted by Crippen LogP contribution is 2.40. The molecule has 0 bridgehead atoms. The molecule has 298 valence electrons. The van der Waals surface area contributed by atoms with Crippen molar-refractivity contribution in [3.63, 3.8) is 0 Å². The van der Waals surface area contributed by atoms with E-state index in [1.54, 1.807) is 36.2 Å². The summed E-state index contributed by atoms with van der Waals surface area (Å²) >= 11 is 1.05. The van der Waals surface area contributed by atoms with Crippen LogP contribution in [-0.2, 0) is 5.75 Å². The molecule has 1 aromatic heterocycles. The summed E-state index contributed by atoms with van der Waals surface area (Å²) < 4.78 is 61.4. The predicted octanol–water partition coefficient (Wildman–Crippen LogP) is 4.41. The van der Waals surface area contributed by atoms with Crippen molar-refractivity contribution < 1.29 is 57.7 Å². The van der Waals surface area contributed by atoms with Crippen molar-refractivity contribution in [2.24, 2.45) is 0 Å². The van der Waals surface area contributed by atoms with Crippen molar-refractivity contribution in [3.05, 3.63) is 101 Å². The van der Waals surface area contributed by atoms with Crippen LogP contribution in [0, 0.1) is 17.5 Å². The Morgan fingerprint density at radius 3 is 2.04 bits per heavy atom. The van der Waals surface area contributed by atoms with Crippen LogP contribution in [0.25, 0.3) is 22.4 Å². The summed E-state index contributed by atoms with van der Waals surface area (Å²) in [7, 11) is 6.16. The lowest BCUT2D eigenvalue weighted by Crippen LogP contribution is -2.49. The van der Waals surface area contributed by atoms with E-state index in [1.165, 1.54) is 69.9 Å². The van der Waals surface area contributed by atoms with Gasteiger partial charge < -0.3 is 54.9 Å². The van der Waals surface area contributed by atoms with Crippen LogP contribution in [0.2, 0.25) is 0 Å². The largest absolute Gasteiger partial charge is 0.494 e. The van der Waals surface area contributed by atoms with Gasteiger partial charge in [0.25, 0.3) is 5.91 Å². The van der Waals surface area contributed by atoms with E-state index in [9.17, 15) is 29.6 Å². The zero-order chi connectivity index (χ0) is 40.7. The Morgan fingerprint density at radius 2 is 1.41 bits per heavy atom. The third-order valence-corrected chi connectivity index (χ3v) is 9.85. The number of methoxy groups -OCH3 is 3. The molecular weight excluding hydrogens is 758 g/mol. The van der Waals surface area contributed by atoms with Crippen LogP contribution in [0.4, 0.5) is 24.7 Å². The molecule has 5 rings (SSSR count). The molecule has 0 aliphatic carbocycles. The van der Waals surface area contributed by atoms with Crippen molar-refractivity contribution >= 4 is 29.2 Å². The number of nitrogens with zero attached hydrogens (tertiary/aromatic N) is 2. The molecule has 0 aliphatic heterocycles. The summed E-state index contributed by atoms with van der Waals surface area (Å²) in [5.41, 5.74) is 2.25. The van der Waals surface area contributed by atoms with E-state index in [1.807, 2.05) is 0 Å². The standard InChI is InChI=1S/C39H41F3N4O9S/c1-46(24-10-12-31(53-2)33(16-24)55-4)37-34(22-9-11-26(40)32(15-22)54-3)44-39(45-37)56-19-25-27(41)13-23(14-28(25)42)20-5-7-21(8-6-20)38(52)43-17-29(48)35(50)36(51)30(49)18-47/h5-16,29-30,35-36,47-51H,17-19H2,1-4H3,(H,43,52)(H,44,45)/t29-,30+,35+,36+/m0/s1. The van der Waals surface area contributed by atoms with Crippen LogP contribution < -0.4 is 24.4 Å². The van der Waals surface area contributed by atoms with E-state index in [0.29, 0.717) is 45.0 Å². The van der Waals surface area contributed by atoms with Gasteiger partial charge in [-0.3, -0.25) is 4.79 Å². The average Bonchev–Trinajstić information content (AvgIpc) is 3.65. The van der Waals surface area contributed by atoms with Gasteiger partial charge >= 0.3 is 0 Å². The molecule has 56 heavy (non-hydrogen) atoms. The summed E-state index contributed by atoms with van der Waals surface area (Å²) in [6.07, 6.45) is -7.03. The molecule has 4 aromatic carbocycles. The lowest BCUT2D eigenvalue weighted by atomic mass is 10.0. The number of benzene rings is 4. The molecule has 0 unspecified atom stereocenters. The predicted molar refractivity (Wildman–Crippen MR) is 203 cm³/mol. The van der Waals surface area contributed by atoms with Gasteiger partial charge in [-0.05, 0) is 65.7 Å². The molecule has 0 radical (unpaired) electrons. The minimum absolute atomic E-state index is 0.0127. The normalized spacial score (nSPS) is 13.4. The number of ether oxygens (including phenoxy) is 3. The van der Waals surface area contributed by atoms with Crippen LogP contribution in [0.15, 0.2) is 78.0 Å². The zero-order valence-electron chi connectivity index (χ0n) is 30.7. The van der Waals surface area contributed by atoms with Crippen LogP contribution in [0.5, 0.6) is 17.2 Å². The summed E-state index contributed by atoms with van der Waals surface area (Å²) in [6.45, 7) is -1.33. The number of hydrogen-bond acceptors (Lipinski definition) is 12. The number of H-pyrrole nitrogens is 1. The number of aliphatic hydroxyl groups excluding tert-OH is 5. The van der Waals surface area contributed by atoms with Crippen LogP contribution in [0.3, 0.4) is 0 Å². The summed E-state index contributed by atoms with van der Waals surface area (Å²) in [5, 5.41) is 50.8. The number of anilines is 2. The maximum absolute atomic E-state index is 15.5. The highest BCUT2D eigenvalue weighted by molar-refractivity contribution is 7.98. The lowest BCUT2D eigenvalue weighted by molar-refractivity contribution is -0.113. The van der Waals surface area contributed by atoms with Gasteiger partial charge in [0.15, 0.2) is 34.0 Å². The molecule has 13 nitrogen and oxygen atoms in total. The smallest absolute Gasteiger partial charge is 0.251 e. The Labute approximate surface area is 324 Å². The van der Waals surface area contributed by atoms with Gasteiger partial charge in [0, 0.05) is 47.8 Å². The highest BCUT2D eigenvalue weighted by Gasteiger charge is 2.30. The third kappa shape index (κ3) is 9.38. The number of aliphatic hydroxyl groups is 5. The fourth-order valence-electron chi connectivity index (χ4n) is 5.67. The van der Waals surface area contributed by atoms with Gasteiger partial charge in [-0.15, -0.1) is 0 Å². The Bertz CT molecular complexity index is 2120. The SMILES string of the molecule is COc1cc(-c2[nH]c(SCc3c(F)cc(-c4ccc(C(=O)NC[C@H](O)[C@@H](O)[C@H](O)[C@H](O)CO)cc4)cc3F)nc2N(C)c2ccc(OC)c(OC)c2)ccc1F. The van der Waals surface area contributed by atoms with E-state index >= 15 is 8.78 Å². The maximum Gasteiger partial charge on any atom is 0.251 e. The third-order valence-electron chi connectivity index (χ3n) is 8.95. The van der Waals surface area contributed by atoms with Crippen molar-refractivity contribution in [2.45, 2.75) is 35.3 Å². The van der Waals surface area contributed by atoms with E-state index in [0.717, 1.165) is 11.8 Å². The summed E-state index contributed by atoms with van der Waals surface area (Å²) in [4.78, 5) is 22.3. The number of aromatic nitrogens is 2. The number of carbonyl (C=O) groups excluding carboxylic acids is 1. The minimum Gasteiger partial charge on any atom is -0.494 e. The van der Waals surface area contributed by atoms with E-state index < -0.39 is 60.9 Å². The number of nitrogens with one attached hydrogen (secondary N) is 2. The molecule has 1 amide bonds. The monoisotopic (exact) mass is 798 g/mol. The Kier molecular flexibility index (Phi) is 13.9. The second-order valence-electron chi connectivity index (χ2n) is 12.5. The Morgan fingerprint density at radius 1 is 0.786 bits per heavy atom. The fraction of sp³-hybridized carbons (Fsp3) is 0.282.